The van der Waals surface area contributed by atoms with Gasteiger partial charge in [-0.2, -0.15) is 0 Å². The number of imidazole rings is 1. The van der Waals surface area contributed by atoms with Gasteiger partial charge in [0.15, 0.2) is 0 Å². The number of nitrogens with one attached hydrogen (secondary N) is 3. The molecular formula is C26H28N4O5. The molecule has 0 radical (unpaired) electrons. The Bertz CT molecular complexity index is 1180. The van der Waals surface area contributed by atoms with E-state index in [2.05, 4.69) is 32.7 Å². The number of aromatic amines is 1. The molecule has 9 nitrogen and oxygen atoms in total. The minimum atomic E-state index is -1.16. The molecule has 0 bridgehead atoms. The molecular weight excluding hydrogens is 448 g/mol. The number of rotatable bonds is 9. The zero-order chi connectivity index (χ0) is 25.0. The van der Waals surface area contributed by atoms with Gasteiger partial charge in [-0.3, -0.25) is 4.79 Å². The molecule has 0 saturated carbocycles. The van der Waals surface area contributed by atoms with Gasteiger partial charge in [0.1, 0.15) is 12.6 Å². The summed E-state index contributed by atoms with van der Waals surface area (Å²) in [6.07, 6.45) is 2.38. The van der Waals surface area contributed by atoms with E-state index >= 15 is 0 Å². The molecule has 1 heterocycles. The van der Waals surface area contributed by atoms with Crippen molar-refractivity contribution in [2.24, 2.45) is 5.41 Å². The number of carboxylic acid groups (broad SMARTS) is 1. The first-order valence-corrected chi connectivity index (χ1v) is 11.4. The second-order valence-electron chi connectivity index (χ2n) is 9.21. The monoisotopic (exact) mass is 476 g/mol. The lowest BCUT2D eigenvalue weighted by molar-refractivity contribution is -0.143. The Labute approximate surface area is 202 Å². The number of nitrogens with zero attached hydrogens (tertiary/aromatic N) is 1. The molecule has 0 fully saturated rings. The molecule has 1 aromatic heterocycles. The molecule has 0 aliphatic heterocycles. The predicted octanol–water partition coefficient (Wildman–Crippen LogP) is 3.09. The number of carbonyl (C=O) groups is 3. The summed E-state index contributed by atoms with van der Waals surface area (Å²) < 4.78 is 5.52. The number of aromatic nitrogens is 2. The highest BCUT2D eigenvalue weighted by molar-refractivity contribution is 5.87. The van der Waals surface area contributed by atoms with Gasteiger partial charge in [0.25, 0.3) is 0 Å². The number of alkyl carbamates (subject to hydrolysis) is 1. The quantitative estimate of drug-likeness (QED) is 0.375. The van der Waals surface area contributed by atoms with Gasteiger partial charge < -0.3 is 25.5 Å². The van der Waals surface area contributed by atoms with Crippen molar-refractivity contribution in [1.29, 1.82) is 0 Å². The maximum atomic E-state index is 12.8. The molecule has 9 heteroatoms. The molecule has 4 rings (SSSR count). The van der Waals surface area contributed by atoms with Gasteiger partial charge in [-0.1, -0.05) is 48.5 Å². The zero-order valence-corrected chi connectivity index (χ0v) is 19.6. The summed E-state index contributed by atoms with van der Waals surface area (Å²) in [6.45, 7) is 3.39. The first-order valence-electron chi connectivity index (χ1n) is 11.4. The summed E-state index contributed by atoms with van der Waals surface area (Å²) in [5, 5.41) is 14.7. The number of benzene rings is 2. The zero-order valence-electron chi connectivity index (χ0n) is 19.6. The highest BCUT2D eigenvalue weighted by Crippen LogP contribution is 2.44. The number of hydrogen-bond donors (Lipinski definition) is 4. The van der Waals surface area contributed by atoms with Crippen LogP contribution in [-0.4, -0.2) is 52.2 Å². The van der Waals surface area contributed by atoms with Crippen molar-refractivity contribution in [3.63, 3.8) is 0 Å². The van der Waals surface area contributed by atoms with E-state index in [1.165, 1.54) is 12.5 Å². The highest BCUT2D eigenvalue weighted by Gasteiger charge is 2.33. The lowest BCUT2D eigenvalue weighted by Gasteiger charge is -2.26. The van der Waals surface area contributed by atoms with Crippen molar-refractivity contribution in [3.8, 4) is 11.1 Å². The molecule has 0 saturated heterocycles. The van der Waals surface area contributed by atoms with Crippen LogP contribution in [0.2, 0.25) is 0 Å². The minimum Gasteiger partial charge on any atom is -0.480 e. The van der Waals surface area contributed by atoms with Crippen molar-refractivity contribution in [3.05, 3.63) is 77.9 Å². The number of aliphatic carboxylic acids is 1. The number of carboxylic acids is 1. The van der Waals surface area contributed by atoms with Crippen LogP contribution in [0.1, 0.15) is 36.6 Å². The molecule has 182 valence electrons. The fraction of sp³-hybridized carbons (Fsp3) is 0.308. The summed E-state index contributed by atoms with van der Waals surface area (Å²) in [4.78, 5) is 43.5. The number of carbonyl (C=O) groups excluding carboxylic acids is 2. The fourth-order valence-corrected chi connectivity index (χ4v) is 4.19. The van der Waals surface area contributed by atoms with Gasteiger partial charge >= 0.3 is 12.1 Å². The Kier molecular flexibility index (Phi) is 6.86. The summed E-state index contributed by atoms with van der Waals surface area (Å²) in [5.41, 5.74) is 4.02. The van der Waals surface area contributed by atoms with Gasteiger partial charge in [0.05, 0.1) is 11.7 Å². The van der Waals surface area contributed by atoms with Crippen LogP contribution in [0.4, 0.5) is 4.79 Å². The molecule has 0 unspecified atom stereocenters. The van der Waals surface area contributed by atoms with Crippen molar-refractivity contribution >= 4 is 18.0 Å². The summed E-state index contributed by atoms with van der Waals surface area (Å²) in [6, 6.07) is 15.0. The van der Waals surface area contributed by atoms with E-state index in [0.29, 0.717) is 5.69 Å². The average Bonchev–Trinajstić information content (AvgIpc) is 3.47. The number of amides is 2. The Hall–Kier alpha value is -4.14. The van der Waals surface area contributed by atoms with E-state index in [1.54, 1.807) is 13.8 Å². The third kappa shape index (κ3) is 5.34. The van der Waals surface area contributed by atoms with E-state index in [0.717, 1.165) is 22.3 Å². The van der Waals surface area contributed by atoms with E-state index in [1.807, 2.05) is 36.4 Å². The van der Waals surface area contributed by atoms with E-state index in [4.69, 9.17) is 4.74 Å². The molecule has 2 aromatic carbocycles. The van der Waals surface area contributed by atoms with E-state index in [9.17, 15) is 19.5 Å². The van der Waals surface area contributed by atoms with Crippen molar-refractivity contribution in [2.45, 2.75) is 32.2 Å². The first kappa shape index (κ1) is 24.0. The van der Waals surface area contributed by atoms with Crippen LogP contribution in [0.3, 0.4) is 0 Å². The molecule has 1 aliphatic carbocycles. The normalized spacial score (nSPS) is 13.4. The predicted molar refractivity (Wildman–Crippen MR) is 129 cm³/mol. The van der Waals surface area contributed by atoms with E-state index in [-0.39, 0.29) is 25.5 Å². The molecule has 3 aromatic rings. The fourth-order valence-electron chi connectivity index (χ4n) is 4.19. The summed E-state index contributed by atoms with van der Waals surface area (Å²) >= 11 is 0. The van der Waals surface area contributed by atoms with Crippen molar-refractivity contribution in [1.82, 2.24) is 20.6 Å². The largest absolute Gasteiger partial charge is 0.480 e. The lowest BCUT2D eigenvalue weighted by Crippen LogP contribution is -2.51. The number of fused-ring (bicyclic) bond motifs is 3. The SMILES string of the molecule is CC(C)(CNC(=O)OCC1c2ccccc2-c2ccccc21)C(=O)N[C@H](Cc1cnc[nH]1)C(=O)O. The van der Waals surface area contributed by atoms with E-state index < -0.39 is 29.4 Å². The van der Waals surface area contributed by atoms with Gasteiger partial charge in [-0.15, -0.1) is 0 Å². The second-order valence-corrected chi connectivity index (χ2v) is 9.21. The van der Waals surface area contributed by atoms with Crippen LogP contribution >= 0.6 is 0 Å². The Balaban J connectivity index is 1.32. The molecule has 4 N–H and O–H groups in total. The standard InChI is InChI=1S/C26H28N4O5/c1-26(2,24(33)30-22(23(31)32)11-16-12-27-15-29-16)14-28-25(34)35-13-21-19-9-5-3-7-17(19)18-8-4-6-10-20(18)21/h3-10,12,15,21-22H,11,13-14H2,1-2H3,(H,27,29)(H,28,34)(H,30,33)(H,31,32)/t22-/m1/s1. The molecule has 35 heavy (non-hydrogen) atoms. The first-order chi connectivity index (χ1) is 16.8. The molecule has 2 amide bonds. The lowest BCUT2D eigenvalue weighted by atomic mass is 9.91. The van der Waals surface area contributed by atoms with Crippen LogP contribution in [0, 0.1) is 5.41 Å². The molecule has 1 atom stereocenters. The smallest absolute Gasteiger partial charge is 0.407 e. The average molecular weight is 477 g/mol. The Morgan fingerprint density at radius 3 is 2.29 bits per heavy atom. The van der Waals surface area contributed by atoms with Gasteiger partial charge in [-0.25, -0.2) is 14.6 Å². The van der Waals surface area contributed by atoms with Crippen LogP contribution in [0.5, 0.6) is 0 Å². The maximum Gasteiger partial charge on any atom is 0.407 e. The summed E-state index contributed by atoms with van der Waals surface area (Å²) in [5.74, 6) is -1.72. The van der Waals surface area contributed by atoms with Crippen LogP contribution in [0.15, 0.2) is 61.1 Å². The number of ether oxygens (including phenoxy) is 1. The van der Waals surface area contributed by atoms with Gasteiger partial charge in [-0.05, 0) is 36.1 Å². The Morgan fingerprint density at radius 1 is 1.09 bits per heavy atom. The molecule has 1 aliphatic rings. The molecule has 0 spiro atoms. The highest BCUT2D eigenvalue weighted by atomic mass is 16.5. The second kappa shape index (κ2) is 10.0. The number of hydrogen-bond acceptors (Lipinski definition) is 5. The number of H-pyrrole nitrogens is 1. The van der Waals surface area contributed by atoms with Crippen LogP contribution in [0.25, 0.3) is 11.1 Å². The van der Waals surface area contributed by atoms with Gasteiger partial charge in [0.2, 0.25) is 5.91 Å². The van der Waals surface area contributed by atoms with Crippen molar-refractivity contribution < 1.29 is 24.2 Å². The third-order valence-electron chi connectivity index (χ3n) is 6.22. The third-order valence-corrected chi connectivity index (χ3v) is 6.22. The van der Waals surface area contributed by atoms with Gasteiger partial charge in [0, 0.05) is 30.8 Å². The van der Waals surface area contributed by atoms with Crippen molar-refractivity contribution in [2.75, 3.05) is 13.2 Å². The van der Waals surface area contributed by atoms with Crippen LogP contribution in [-0.2, 0) is 20.7 Å². The minimum absolute atomic E-state index is 0.0219. The van der Waals surface area contributed by atoms with Crippen LogP contribution < -0.4 is 10.6 Å². The maximum absolute atomic E-state index is 12.8. The Morgan fingerprint density at radius 2 is 1.71 bits per heavy atom. The summed E-state index contributed by atoms with van der Waals surface area (Å²) in [7, 11) is 0. The topological polar surface area (TPSA) is 133 Å².